The van der Waals surface area contributed by atoms with E-state index in [0.29, 0.717) is 11.2 Å². The molecule has 1 unspecified atom stereocenters. The number of nitrogens with zero attached hydrogens (tertiary/aromatic N) is 3. The summed E-state index contributed by atoms with van der Waals surface area (Å²) < 4.78 is 0.890. The van der Waals surface area contributed by atoms with E-state index in [1.54, 1.807) is 34.4 Å². The topological polar surface area (TPSA) is 71.5 Å². The summed E-state index contributed by atoms with van der Waals surface area (Å²) in [4.78, 5) is 21.7. The van der Waals surface area contributed by atoms with E-state index < -0.39 is 0 Å². The molecule has 21 heavy (non-hydrogen) atoms. The summed E-state index contributed by atoms with van der Waals surface area (Å²) in [6.07, 6.45) is 0. The Morgan fingerprint density at radius 3 is 2.62 bits per heavy atom. The van der Waals surface area contributed by atoms with Crippen LogP contribution in [0, 0.1) is 20.8 Å². The highest BCUT2D eigenvalue weighted by Crippen LogP contribution is 2.35. The summed E-state index contributed by atoms with van der Waals surface area (Å²) in [5.74, 6) is 0.687. The van der Waals surface area contributed by atoms with Crippen molar-refractivity contribution in [1.82, 2.24) is 20.2 Å². The summed E-state index contributed by atoms with van der Waals surface area (Å²) in [5.41, 5.74) is 0.966. The van der Waals surface area contributed by atoms with Crippen molar-refractivity contribution >= 4 is 44.7 Å². The van der Waals surface area contributed by atoms with E-state index in [9.17, 15) is 4.79 Å². The van der Waals surface area contributed by atoms with Gasteiger partial charge in [-0.2, -0.15) is 0 Å². The van der Waals surface area contributed by atoms with Gasteiger partial charge in [0.1, 0.15) is 15.7 Å². The van der Waals surface area contributed by atoms with E-state index in [1.165, 1.54) is 0 Å². The lowest BCUT2D eigenvalue weighted by Gasteiger charge is -2.07. The molecule has 0 saturated heterocycles. The van der Waals surface area contributed by atoms with Crippen molar-refractivity contribution in [2.75, 3.05) is 0 Å². The predicted molar refractivity (Wildman–Crippen MR) is 88.6 cm³/mol. The molecule has 0 spiro atoms. The van der Waals surface area contributed by atoms with Gasteiger partial charge in [0.25, 0.3) is 5.56 Å². The number of rotatable bonds is 3. The summed E-state index contributed by atoms with van der Waals surface area (Å²) in [6.45, 7) is 7.92. The fourth-order valence-electron chi connectivity index (χ4n) is 2.00. The van der Waals surface area contributed by atoms with Gasteiger partial charge in [-0.3, -0.25) is 4.79 Å². The Hall–Kier alpha value is -1.25. The maximum atomic E-state index is 12.3. The quantitative estimate of drug-likeness (QED) is 0.739. The number of hydrogen-bond donors (Lipinski definition) is 1. The van der Waals surface area contributed by atoms with Crippen LogP contribution in [0.4, 0.5) is 0 Å². The van der Waals surface area contributed by atoms with Crippen molar-refractivity contribution < 1.29 is 0 Å². The number of hydrogen-bond acceptors (Lipinski definition) is 7. The van der Waals surface area contributed by atoms with Crippen LogP contribution in [-0.4, -0.2) is 20.2 Å². The van der Waals surface area contributed by atoms with Crippen molar-refractivity contribution in [2.45, 2.75) is 37.3 Å². The van der Waals surface area contributed by atoms with Gasteiger partial charge in [-0.25, -0.2) is 4.98 Å². The number of aromatic nitrogens is 4. The minimum atomic E-state index is -0.0576. The Bertz CT molecular complexity index is 864. The van der Waals surface area contributed by atoms with Gasteiger partial charge in [0, 0.05) is 4.88 Å². The third-order valence-electron chi connectivity index (χ3n) is 3.23. The average molecular weight is 338 g/mol. The average Bonchev–Trinajstić information content (AvgIpc) is 2.94. The molecule has 1 atom stereocenters. The second kappa shape index (κ2) is 5.51. The number of fused-ring (bicyclic) bond motifs is 1. The van der Waals surface area contributed by atoms with Crippen LogP contribution in [0.3, 0.4) is 0 Å². The van der Waals surface area contributed by atoms with Crippen LogP contribution >= 0.6 is 34.4 Å². The number of H-pyrrole nitrogens is 1. The highest BCUT2D eigenvalue weighted by Gasteiger charge is 2.17. The minimum absolute atomic E-state index is 0.0252. The third kappa shape index (κ3) is 2.75. The summed E-state index contributed by atoms with van der Waals surface area (Å²) in [5, 5.41) is 9.78. The summed E-state index contributed by atoms with van der Waals surface area (Å²) >= 11 is 4.68. The van der Waals surface area contributed by atoms with Gasteiger partial charge in [-0.05, 0) is 33.3 Å². The fraction of sp³-hybridized carbons (Fsp3) is 0.385. The molecule has 0 radical (unpaired) electrons. The standard InChI is InChI=1S/C13H14N4OS3/c1-5-6(2)19-12-9(5)11(18)14-10(15-12)7(3)20-13-17-16-8(4)21-13/h7H,1-4H3,(H,14,15,18). The van der Waals surface area contributed by atoms with Gasteiger partial charge < -0.3 is 4.98 Å². The molecular formula is C13H14N4OS3. The third-order valence-corrected chi connectivity index (χ3v) is 6.36. The van der Waals surface area contributed by atoms with E-state index in [0.717, 1.165) is 24.6 Å². The van der Waals surface area contributed by atoms with Crippen molar-refractivity contribution in [1.29, 1.82) is 0 Å². The Morgan fingerprint density at radius 2 is 1.95 bits per heavy atom. The maximum Gasteiger partial charge on any atom is 0.259 e. The Balaban J connectivity index is 1.98. The molecule has 0 aromatic carbocycles. The first-order valence-corrected chi connectivity index (χ1v) is 8.93. The SMILES string of the molecule is Cc1nnc(SC(C)c2nc3sc(C)c(C)c3c(=O)[nH]2)s1. The zero-order chi connectivity index (χ0) is 15.1. The fourth-order valence-corrected chi connectivity index (χ4v) is 5.05. The zero-order valence-corrected chi connectivity index (χ0v) is 14.5. The Morgan fingerprint density at radius 1 is 1.19 bits per heavy atom. The van der Waals surface area contributed by atoms with Crippen LogP contribution in [0.5, 0.6) is 0 Å². The first kappa shape index (κ1) is 14.7. The van der Waals surface area contributed by atoms with E-state index in [-0.39, 0.29) is 10.8 Å². The molecule has 110 valence electrons. The van der Waals surface area contributed by atoms with Crippen molar-refractivity contribution in [2.24, 2.45) is 0 Å². The highest BCUT2D eigenvalue weighted by molar-refractivity contribution is 8.01. The Labute approximate surface area is 133 Å². The molecule has 5 nitrogen and oxygen atoms in total. The molecule has 8 heteroatoms. The first-order chi connectivity index (χ1) is 9.95. The lowest BCUT2D eigenvalue weighted by Crippen LogP contribution is -2.12. The van der Waals surface area contributed by atoms with Gasteiger partial charge in [0.2, 0.25) is 0 Å². The number of aromatic amines is 1. The van der Waals surface area contributed by atoms with Crippen molar-refractivity contribution in [3.63, 3.8) is 0 Å². The van der Waals surface area contributed by atoms with Gasteiger partial charge in [0.15, 0.2) is 4.34 Å². The molecule has 0 aliphatic carbocycles. The Kier molecular flexibility index (Phi) is 3.85. The molecule has 0 saturated carbocycles. The summed E-state index contributed by atoms with van der Waals surface area (Å²) in [6, 6.07) is 0. The maximum absolute atomic E-state index is 12.3. The number of thioether (sulfide) groups is 1. The molecule has 1 N–H and O–H groups in total. The van der Waals surface area contributed by atoms with E-state index in [4.69, 9.17) is 0 Å². The lowest BCUT2D eigenvalue weighted by atomic mass is 10.2. The number of thiophene rings is 1. The number of aryl methyl sites for hydroxylation is 3. The van der Waals surface area contributed by atoms with Crippen LogP contribution < -0.4 is 5.56 Å². The molecule has 3 aromatic heterocycles. The molecule has 0 aliphatic heterocycles. The molecule has 0 fully saturated rings. The smallest absolute Gasteiger partial charge is 0.259 e. The molecule has 3 heterocycles. The molecule has 0 amide bonds. The van der Waals surface area contributed by atoms with Gasteiger partial charge in [-0.1, -0.05) is 23.1 Å². The van der Waals surface area contributed by atoms with Crippen molar-refractivity contribution in [3.05, 3.63) is 31.6 Å². The van der Waals surface area contributed by atoms with E-state index in [2.05, 4.69) is 20.2 Å². The van der Waals surface area contributed by atoms with Crippen LogP contribution in [-0.2, 0) is 0 Å². The molecule has 3 rings (SSSR count). The second-order valence-corrected chi connectivity index (χ2v) is 8.73. The molecule has 0 aliphatic rings. The second-order valence-electron chi connectivity index (χ2n) is 4.76. The van der Waals surface area contributed by atoms with Crippen LogP contribution in [0.1, 0.15) is 33.4 Å². The normalized spacial score (nSPS) is 13.0. The lowest BCUT2D eigenvalue weighted by molar-refractivity contribution is 0.917. The molecular weight excluding hydrogens is 324 g/mol. The zero-order valence-electron chi connectivity index (χ0n) is 12.1. The first-order valence-electron chi connectivity index (χ1n) is 6.42. The summed E-state index contributed by atoms with van der Waals surface area (Å²) in [7, 11) is 0. The number of nitrogens with one attached hydrogen (secondary N) is 1. The van der Waals surface area contributed by atoms with Crippen LogP contribution in [0.15, 0.2) is 9.13 Å². The van der Waals surface area contributed by atoms with Crippen molar-refractivity contribution in [3.8, 4) is 0 Å². The molecule has 3 aromatic rings. The van der Waals surface area contributed by atoms with Crippen LogP contribution in [0.25, 0.3) is 10.2 Å². The predicted octanol–water partition coefficient (Wildman–Crippen LogP) is 3.61. The highest BCUT2D eigenvalue weighted by atomic mass is 32.2. The monoisotopic (exact) mass is 338 g/mol. The van der Waals surface area contributed by atoms with Gasteiger partial charge in [0.05, 0.1) is 10.6 Å². The minimum Gasteiger partial charge on any atom is -0.309 e. The van der Waals surface area contributed by atoms with Gasteiger partial charge >= 0.3 is 0 Å². The van der Waals surface area contributed by atoms with Gasteiger partial charge in [-0.15, -0.1) is 21.5 Å². The van der Waals surface area contributed by atoms with E-state index >= 15 is 0 Å². The molecule has 0 bridgehead atoms. The largest absolute Gasteiger partial charge is 0.309 e. The van der Waals surface area contributed by atoms with Crippen LogP contribution in [0.2, 0.25) is 0 Å². The van der Waals surface area contributed by atoms with E-state index in [1.807, 2.05) is 27.7 Å².